The summed E-state index contributed by atoms with van der Waals surface area (Å²) in [6.45, 7) is 6.41. The Bertz CT molecular complexity index is 643. The number of hydrogen-bond donors (Lipinski definition) is 2. The van der Waals surface area contributed by atoms with E-state index in [0.29, 0.717) is 24.3 Å². The molecule has 2 aliphatic rings. The number of aliphatic hydroxyl groups is 1. The van der Waals surface area contributed by atoms with E-state index in [9.17, 15) is 14.7 Å². The first-order chi connectivity index (χ1) is 11.2. The number of urea groups is 1. The van der Waals surface area contributed by atoms with Crippen LogP contribution in [0.25, 0.3) is 0 Å². The van der Waals surface area contributed by atoms with Gasteiger partial charge in [-0.15, -0.1) is 0 Å². The molecule has 5 heteroatoms. The number of carbonyl (C=O) groups excluding carboxylic acids is 2. The molecule has 1 spiro atoms. The fraction of sp³-hybridized carbons (Fsp3) is 0.579. The summed E-state index contributed by atoms with van der Waals surface area (Å²) in [7, 11) is 0. The van der Waals surface area contributed by atoms with Gasteiger partial charge in [0.25, 0.3) is 5.91 Å². The van der Waals surface area contributed by atoms with Crippen LogP contribution in [0.2, 0.25) is 0 Å². The van der Waals surface area contributed by atoms with Crippen LogP contribution in [0.5, 0.6) is 0 Å². The lowest BCUT2D eigenvalue weighted by molar-refractivity contribution is -0.135. The normalized spacial score (nSPS) is 30.5. The van der Waals surface area contributed by atoms with Crippen LogP contribution in [0, 0.1) is 11.3 Å². The lowest BCUT2D eigenvalue weighted by Gasteiger charge is -2.43. The Hall–Kier alpha value is -1.88. The quantitative estimate of drug-likeness (QED) is 0.837. The Labute approximate surface area is 143 Å². The summed E-state index contributed by atoms with van der Waals surface area (Å²) in [5.74, 6) is 0.180. The largest absolute Gasteiger partial charge is 0.387 e. The van der Waals surface area contributed by atoms with Crippen molar-refractivity contribution >= 4 is 11.9 Å². The molecule has 0 radical (unpaired) electrons. The summed E-state index contributed by atoms with van der Waals surface area (Å²) >= 11 is 0. The first-order valence-electron chi connectivity index (χ1n) is 8.60. The van der Waals surface area contributed by atoms with Crippen molar-refractivity contribution in [2.75, 3.05) is 6.54 Å². The Kier molecular flexibility index (Phi) is 4.16. The summed E-state index contributed by atoms with van der Waals surface area (Å²) in [6.07, 6.45) is 1.49. The van der Waals surface area contributed by atoms with E-state index in [0.717, 1.165) is 6.42 Å². The van der Waals surface area contributed by atoms with Crippen molar-refractivity contribution in [2.24, 2.45) is 11.3 Å². The number of aliphatic hydroxyl groups excluding tert-OH is 1. The van der Waals surface area contributed by atoms with E-state index in [-0.39, 0.29) is 23.9 Å². The topological polar surface area (TPSA) is 69.6 Å². The Morgan fingerprint density at radius 3 is 2.54 bits per heavy atom. The number of benzene rings is 1. The predicted molar refractivity (Wildman–Crippen MR) is 91.2 cm³/mol. The van der Waals surface area contributed by atoms with Crippen LogP contribution >= 0.6 is 0 Å². The average Bonchev–Trinajstić information content (AvgIpc) is 2.69. The van der Waals surface area contributed by atoms with Gasteiger partial charge in [-0.3, -0.25) is 9.69 Å². The van der Waals surface area contributed by atoms with Gasteiger partial charge < -0.3 is 10.4 Å². The van der Waals surface area contributed by atoms with Crippen LogP contribution in [0.15, 0.2) is 30.3 Å². The molecule has 5 nitrogen and oxygen atoms in total. The zero-order valence-corrected chi connectivity index (χ0v) is 14.6. The van der Waals surface area contributed by atoms with Crippen molar-refractivity contribution in [1.82, 2.24) is 10.2 Å². The molecule has 24 heavy (non-hydrogen) atoms. The standard InChI is InChI=1S/C19H26N2O3/c1-13-9-18(2,3)12-19(10-13)16(23)21(17(24)20-19)11-15(22)14-7-5-4-6-8-14/h4-8,13,15,22H,9-12H2,1-3H3,(H,20,24)/t13-,15-,19-/m1/s1. The summed E-state index contributed by atoms with van der Waals surface area (Å²) < 4.78 is 0. The molecule has 1 aromatic rings. The third-order valence-electron chi connectivity index (χ3n) is 5.16. The van der Waals surface area contributed by atoms with Gasteiger partial charge in [0, 0.05) is 0 Å². The molecule has 130 valence electrons. The number of amides is 3. The number of imide groups is 1. The van der Waals surface area contributed by atoms with E-state index in [2.05, 4.69) is 26.1 Å². The number of nitrogens with zero attached hydrogens (tertiary/aromatic N) is 1. The summed E-state index contributed by atoms with van der Waals surface area (Å²) in [5.41, 5.74) is -0.0973. The maximum Gasteiger partial charge on any atom is 0.325 e. The third-order valence-corrected chi connectivity index (χ3v) is 5.16. The fourth-order valence-corrected chi connectivity index (χ4v) is 4.63. The zero-order valence-electron chi connectivity index (χ0n) is 14.6. The minimum absolute atomic E-state index is 0.00859. The smallest absolute Gasteiger partial charge is 0.325 e. The second-order valence-electron chi connectivity index (χ2n) is 8.21. The predicted octanol–water partition coefficient (Wildman–Crippen LogP) is 2.86. The second-order valence-corrected chi connectivity index (χ2v) is 8.21. The minimum atomic E-state index is -0.870. The third kappa shape index (κ3) is 3.05. The molecule has 0 bridgehead atoms. The van der Waals surface area contributed by atoms with Crippen LogP contribution in [0.3, 0.4) is 0 Å². The van der Waals surface area contributed by atoms with Crippen molar-refractivity contribution < 1.29 is 14.7 Å². The molecule has 1 aliphatic carbocycles. The molecular formula is C19H26N2O3. The highest BCUT2D eigenvalue weighted by Gasteiger charge is 2.56. The van der Waals surface area contributed by atoms with Crippen molar-refractivity contribution in [3.63, 3.8) is 0 Å². The van der Waals surface area contributed by atoms with Gasteiger partial charge in [-0.1, -0.05) is 51.1 Å². The number of hydrogen-bond acceptors (Lipinski definition) is 3. The van der Waals surface area contributed by atoms with Crippen LogP contribution in [0.4, 0.5) is 4.79 Å². The minimum Gasteiger partial charge on any atom is -0.387 e. The molecule has 1 aliphatic heterocycles. The number of nitrogens with one attached hydrogen (secondary N) is 1. The molecule has 2 N–H and O–H groups in total. The molecule has 3 amide bonds. The van der Waals surface area contributed by atoms with Crippen LogP contribution in [0.1, 0.15) is 51.7 Å². The van der Waals surface area contributed by atoms with E-state index in [1.54, 1.807) is 12.1 Å². The van der Waals surface area contributed by atoms with Gasteiger partial charge in [-0.2, -0.15) is 0 Å². The maximum absolute atomic E-state index is 13.0. The molecule has 1 saturated heterocycles. The van der Waals surface area contributed by atoms with Crippen molar-refractivity contribution in [2.45, 2.75) is 51.7 Å². The van der Waals surface area contributed by atoms with Crippen molar-refractivity contribution in [3.05, 3.63) is 35.9 Å². The Morgan fingerprint density at radius 1 is 1.25 bits per heavy atom. The number of β-amino-alcohol motifs (C(OH)–C–C–N with tert-alkyl or cyclic N) is 1. The Morgan fingerprint density at radius 2 is 1.92 bits per heavy atom. The summed E-state index contributed by atoms with van der Waals surface area (Å²) in [5, 5.41) is 13.3. The monoisotopic (exact) mass is 330 g/mol. The first-order valence-corrected chi connectivity index (χ1v) is 8.60. The van der Waals surface area contributed by atoms with E-state index in [1.165, 1.54) is 4.90 Å². The first kappa shape index (κ1) is 17.0. The highest BCUT2D eigenvalue weighted by atomic mass is 16.3. The SMILES string of the molecule is C[C@@H]1CC(C)(C)C[C@@]2(C1)NC(=O)N(C[C@@H](O)c1ccccc1)C2=O. The molecular weight excluding hydrogens is 304 g/mol. The van der Waals surface area contributed by atoms with E-state index >= 15 is 0 Å². The molecule has 1 aromatic carbocycles. The zero-order chi connectivity index (χ0) is 17.5. The van der Waals surface area contributed by atoms with E-state index in [1.807, 2.05) is 18.2 Å². The highest BCUT2D eigenvalue weighted by Crippen LogP contribution is 2.46. The Balaban J connectivity index is 1.79. The number of carbonyl (C=O) groups is 2. The van der Waals surface area contributed by atoms with Gasteiger partial charge in [0.1, 0.15) is 5.54 Å². The molecule has 1 saturated carbocycles. The summed E-state index contributed by atoms with van der Waals surface area (Å²) in [6, 6.07) is 8.73. The van der Waals surface area contributed by atoms with Gasteiger partial charge in [0.2, 0.25) is 0 Å². The van der Waals surface area contributed by atoms with E-state index in [4.69, 9.17) is 0 Å². The average molecular weight is 330 g/mol. The second kappa shape index (κ2) is 5.88. The molecule has 0 unspecified atom stereocenters. The van der Waals surface area contributed by atoms with Crippen LogP contribution in [-0.4, -0.2) is 34.0 Å². The van der Waals surface area contributed by atoms with Gasteiger partial charge in [-0.25, -0.2) is 4.79 Å². The van der Waals surface area contributed by atoms with Crippen LogP contribution < -0.4 is 5.32 Å². The molecule has 1 heterocycles. The van der Waals surface area contributed by atoms with E-state index < -0.39 is 11.6 Å². The summed E-state index contributed by atoms with van der Waals surface area (Å²) in [4.78, 5) is 26.6. The molecule has 3 atom stereocenters. The van der Waals surface area contributed by atoms with Gasteiger partial charge in [0.05, 0.1) is 12.6 Å². The fourth-order valence-electron chi connectivity index (χ4n) is 4.63. The van der Waals surface area contributed by atoms with Crippen LogP contribution in [-0.2, 0) is 4.79 Å². The van der Waals surface area contributed by atoms with Gasteiger partial charge in [0.15, 0.2) is 0 Å². The van der Waals surface area contributed by atoms with Gasteiger partial charge >= 0.3 is 6.03 Å². The lowest BCUT2D eigenvalue weighted by Crippen LogP contribution is -2.54. The maximum atomic E-state index is 13.0. The molecule has 3 rings (SSSR count). The lowest BCUT2D eigenvalue weighted by atomic mass is 9.64. The number of rotatable bonds is 3. The highest BCUT2D eigenvalue weighted by molar-refractivity contribution is 6.07. The van der Waals surface area contributed by atoms with Crippen molar-refractivity contribution in [1.29, 1.82) is 0 Å². The van der Waals surface area contributed by atoms with Crippen molar-refractivity contribution in [3.8, 4) is 0 Å². The van der Waals surface area contributed by atoms with Gasteiger partial charge in [-0.05, 0) is 36.2 Å². The molecule has 2 fully saturated rings. The molecule has 0 aromatic heterocycles.